The Bertz CT molecular complexity index is 264. The van der Waals surface area contributed by atoms with Crippen molar-refractivity contribution < 1.29 is 19.4 Å². The van der Waals surface area contributed by atoms with Crippen LogP contribution in [0, 0.1) is 0 Å². The topological polar surface area (TPSA) is 63.6 Å². The number of aliphatic carboxylic acids is 1. The highest BCUT2D eigenvalue weighted by Gasteiger charge is 2.26. The van der Waals surface area contributed by atoms with Crippen molar-refractivity contribution in [2.75, 3.05) is 18.6 Å². The van der Waals surface area contributed by atoms with Gasteiger partial charge < -0.3 is 9.84 Å². The number of thioether (sulfide) groups is 2. The Morgan fingerprint density at radius 1 is 1.38 bits per heavy atom. The van der Waals surface area contributed by atoms with E-state index in [1.54, 1.807) is 0 Å². The van der Waals surface area contributed by atoms with E-state index in [0.717, 1.165) is 11.5 Å². The molecule has 1 saturated heterocycles. The zero-order chi connectivity index (χ0) is 9.84. The van der Waals surface area contributed by atoms with Crippen molar-refractivity contribution in [3.8, 4) is 0 Å². The number of rotatable bonds is 2. The van der Waals surface area contributed by atoms with Crippen LogP contribution in [-0.4, -0.2) is 35.7 Å². The van der Waals surface area contributed by atoms with Crippen LogP contribution in [-0.2, 0) is 14.3 Å². The molecule has 0 aliphatic carbocycles. The minimum Gasteiger partial charge on any atom is -0.477 e. The van der Waals surface area contributed by atoms with E-state index in [4.69, 9.17) is 5.11 Å². The van der Waals surface area contributed by atoms with Crippen LogP contribution in [0.2, 0.25) is 0 Å². The van der Waals surface area contributed by atoms with Crippen LogP contribution in [0.25, 0.3) is 0 Å². The average Bonchev–Trinajstić information content (AvgIpc) is 2.56. The summed E-state index contributed by atoms with van der Waals surface area (Å²) >= 11 is 2.77. The number of carbonyl (C=O) groups is 2. The van der Waals surface area contributed by atoms with Crippen molar-refractivity contribution in [1.29, 1.82) is 0 Å². The van der Waals surface area contributed by atoms with E-state index in [0.29, 0.717) is 4.24 Å². The molecule has 0 bridgehead atoms. The summed E-state index contributed by atoms with van der Waals surface area (Å²) < 4.78 is 4.94. The molecular formula is C7H8O4S2. The molecule has 1 aliphatic rings. The van der Waals surface area contributed by atoms with E-state index in [1.165, 1.54) is 30.6 Å². The van der Waals surface area contributed by atoms with Crippen LogP contribution in [0.3, 0.4) is 0 Å². The maximum absolute atomic E-state index is 11.1. The summed E-state index contributed by atoms with van der Waals surface area (Å²) in [6, 6.07) is 0. The maximum atomic E-state index is 11.1. The fourth-order valence-electron chi connectivity index (χ4n) is 0.815. The van der Waals surface area contributed by atoms with E-state index < -0.39 is 11.9 Å². The molecule has 0 radical (unpaired) electrons. The molecule has 13 heavy (non-hydrogen) atoms. The monoisotopic (exact) mass is 220 g/mol. The smallest absolute Gasteiger partial charge is 0.347 e. The molecule has 0 aromatic heterocycles. The van der Waals surface area contributed by atoms with Crippen molar-refractivity contribution in [1.82, 2.24) is 0 Å². The van der Waals surface area contributed by atoms with Crippen molar-refractivity contribution >= 4 is 35.5 Å². The second kappa shape index (κ2) is 4.57. The highest BCUT2D eigenvalue weighted by molar-refractivity contribution is 8.25. The van der Waals surface area contributed by atoms with Crippen LogP contribution < -0.4 is 0 Å². The van der Waals surface area contributed by atoms with Gasteiger partial charge in [0.1, 0.15) is 0 Å². The SMILES string of the molecule is COC(=O)C(C(=O)O)=C1SCCS1. The van der Waals surface area contributed by atoms with Crippen LogP contribution in [0.5, 0.6) is 0 Å². The molecule has 0 atom stereocenters. The molecule has 0 aromatic rings. The van der Waals surface area contributed by atoms with E-state index in [1.807, 2.05) is 0 Å². The van der Waals surface area contributed by atoms with Crippen LogP contribution in [0.4, 0.5) is 0 Å². The summed E-state index contributed by atoms with van der Waals surface area (Å²) in [5.41, 5.74) is -0.241. The van der Waals surface area contributed by atoms with E-state index >= 15 is 0 Å². The number of hydrogen-bond acceptors (Lipinski definition) is 5. The second-order valence-corrected chi connectivity index (χ2v) is 4.62. The normalized spacial score (nSPS) is 15.6. The number of ether oxygens (including phenoxy) is 1. The lowest BCUT2D eigenvalue weighted by molar-refractivity contribution is -0.142. The van der Waals surface area contributed by atoms with E-state index in [9.17, 15) is 9.59 Å². The molecule has 72 valence electrons. The van der Waals surface area contributed by atoms with Gasteiger partial charge in [0.15, 0.2) is 5.57 Å². The summed E-state index contributed by atoms with van der Waals surface area (Å²) in [7, 11) is 1.18. The third-order valence-electron chi connectivity index (χ3n) is 1.36. The molecule has 0 unspecified atom stereocenters. The number of methoxy groups -OCH3 is 1. The van der Waals surface area contributed by atoms with Gasteiger partial charge in [-0.15, -0.1) is 23.5 Å². The summed E-state index contributed by atoms with van der Waals surface area (Å²) in [5.74, 6) is -0.310. The Kier molecular flexibility index (Phi) is 3.68. The zero-order valence-electron chi connectivity index (χ0n) is 6.90. The molecule has 0 amide bonds. The van der Waals surface area contributed by atoms with Gasteiger partial charge in [-0.25, -0.2) is 9.59 Å². The molecule has 0 spiro atoms. The molecule has 0 saturated carbocycles. The molecule has 1 aliphatic heterocycles. The highest BCUT2D eigenvalue weighted by Crippen LogP contribution is 2.38. The molecule has 1 rings (SSSR count). The Labute approximate surface area is 83.7 Å². The molecule has 1 fully saturated rings. The van der Waals surface area contributed by atoms with Crippen LogP contribution in [0.15, 0.2) is 9.81 Å². The number of hydrogen-bond donors (Lipinski definition) is 1. The maximum Gasteiger partial charge on any atom is 0.347 e. The van der Waals surface area contributed by atoms with Gasteiger partial charge in [-0.1, -0.05) is 0 Å². The number of carbonyl (C=O) groups excluding carboxylic acids is 1. The summed E-state index contributed by atoms with van der Waals surface area (Å²) in [4.78, 5) is 21.8. The lowest BCUT2D eigenvalue weighted by atomic mass is 10.3. The quantitative estimate of drug-likeness (QED) is 0.323. The first-order valence-electron chi connectivity index (χ1n) is 3.48. The van der Waals surface area contributed by atoms with Crippen LogP contribution in [0.1, 0.15) is 0 Å². The highest BCUT2D eigenvalue weighted by atomic mass is 32.2. The summed E-state index contributed by atoms with van der Waals surface area (Å²) in [6.07, 6.45) is 0. The number of carboxylic acids is 1. The molecule has 6 heteroatoms. The van der Waals surface area contributed by atoms with E-state index in [-0.39, 0.29) is 5.57 Å². The van der Waals surface area contributed by atoms with E-state index in [2.05, 4.69) is 4.74 Å². The molecule has 0 aromatic carbocycles. The third-order valence-corrected chi connectivity index (χ3v) is 4.07. The number of carboxylic acid groups (broad SMARTS) is 1. The lowest BCUT2D eigenvalue weighted by Crippen LogP contribution is -2.14. The van der Waals surface area contributed by atoms with Gasteiger partial charge in [-0.05, 0) is 0 Å². The van der Waals surface area contributed by atoms with Crippen molar-refractivity contribution in [3.63, 3.8) is 0 Å². The largest absolute Gasteiger partial charge is 0.477 e. The molecule has 1 N–H and O–H groups in total. The minimum atomic E-state index is -1.22. The first-order valence-corrected chi connectivity index (χ1v) is 5.45. The molecule has 4 nitrogen and oxygen atoms in total. The molecular weight excluding hydrogens is 212 g/mol. The standard InChI is InChI=1S/C7H8O4S2/c1-11-6(10)4(5(8)9)7-12-2-3-13-7/h2-3H2,1H3,(H,8,9). The predicted molar refractivity (Wildman–Crippen MR) is 51.6 cm³/mol. The van der Waals surface area contributed by atoms with Gasteiger partial charge in [0.25, 0.3) is 0 Å². The first kappa shape index (κ1) is 10.5. The Hall–Kier alpha value is -0.620. The van der Waals surface area contributed by atoms with Gasteiger partial charge >= 0.3 is 11.9 Å². The first-order chi connectivity index (χ1) is 6.16. The van der Waals surface area contributed by atoms with Crippen molar-refractivity contribution in [2.45, 2.75) is 0 Å². The van der Waals surface area contributed by atoms with Gasteiger partial charge in [-0.2, -0.15) is 0 Å². The van der Waals surface area contributed by atoms with Gasteiger partial charge in [0.05, 0.1) is 11.3 Å². The van der Waals surface area contributed by atoms with Gasteiger partial charge in [-0.3, -0.25) is 0 Å². The molecule has 1 heterocycles. The lowest BCUT2D eigenvalue weighted by Gasteiger charge is -2.02. The third kappa shape index (κ3) is 2.41. The minimum absolute atomic E-state index is 0.241. The Balaban J connectivity index is 2.96. The van der Waals surface area contributed by atoms with Gasteiger partial charge in [0, 0.05) is 11.5 Å². The fourth-order valence-corrected chi connectivity index (χ4v) is 3.32. The Morgan fingerprint density at radius 2 is 1.92 bits per heavy atom. The van der Waals surface area contributed by atoms with Gasteiger partial charge in [0.2, 0.25) is 0 Å². The van der Waals surface area contributed by atoms with Crippen LogP contribution >= 0.6 is 23.5 Å². The van der Waals surface area contributed by atoms with Crippen molar-refractivity contribution in [3.05, 3.63) is 9.81 Å². The Morgan fingerprint density at radius 3 is 2.31 bits per heavy atom. The second-order valence-electron chi connectivity index (χ2n) is 2.16. The fraction of sp³-hybridized carbons (Fsp3) is 0.429. The number of esters is 1. The average molecular weight is 220 g/mol. The van der Waals surface area contributed by atoms with Crippen molar-refractivity contribution in [2.24, 2.45) is 0 Å². The summed E-state index contributed by atoms with van der Waals surface area (Å²) in [6.45, 7) is 0. The zero-order valence-corrected chi connectivity index (χ0v) is 8.54. The summed E-state index contributed by atoms with van der Waals surface area (Å²) in [5, 5.41) is 8.75. The predicted octanol–water partition coefficient (Wildman–Crippen LogP) is 0.936.